The number of methoxy groups -OCH3 is 1. The molecule has 0 bridgehead atoms. The van der Waals surface area contributed by atoms with Crippen molar-refractivity contribution < 1.29 is 14.2 Å². The molecule has 0 aromatic heterocycles. The molecule has 2 rings (SSSR count). The Bertz CT molecular complexity index is 447. The van der Waals surface area contributed by atoms with Crippen LogP contribution in [0, 0.1) is 0 Å². The van der Waals surface area contributed by atoms with Crippen molar-refractivity contribution in [3.63, 3.8) is 0 Å². The SMILES string of the molecule is CCCOc1c(CNC[C@H]2CCCO2)cc(Br)cc1OC. The first-order chi connectivity index (χ1) is 10.2. The first kappa shape index (κ1) is 16.6. The topological polar surface area (TPSA) is 39.7 Å². The molecule has 1 heterocycles. The van der Waals surface area contributed by atoms with Gasteiger partial charge in [-0.05, 0) is 31.4 Å². The van der Waals surface area contributed by atoms with Gasteiger partial charge in [0.2, 0.25) is 0 Å². The summed E-state index contributed by atoms with van der Waals surface area (Å²) in [6, 6.07) is 4.02. The van der Waals surface area contributed by atoms with Gasteiger partial charge in [0.15, 0.2) is 11.5 Å². The Labute approximate surface area is 135 Å². The summed E-state index contributed by atoms with van der Waals surface area (Å²) < 4.78 is 17.9. The molecule has 1 aliphatic heterocycles. The zero-order valence-corrected chi connectivity index (χ0v) is 14.4. The smallest absolute Gasteiger partial charge is 0.165 e. The Kier molecular flexibility index (Phi) is 6.80. The van der Waals surface area contributed by atoms with Gasteiger partial charge in [0, 0.05) is 29.7 Å². The molecule has 1 aromatic rings. The van der Waals surface area contributed by atoms with Crippen molar-refractivity contribution >= 4 is 15.9 Å². The lowest BCUT2D eigenvalue weighted by molar-refractivity contribution is 0.110. The number of benzene rings is 1. The predicted molar refractivity (Wildman–Crippen MR) is 87.2 cm³/mol. The maximum atomic E-state index is 5.87. The fourth-order valence-electron chi connectivity index (χ4n) is 2.45. The molecule has 0 amide bonds. The van der Waals surface area contributed by atoms with Crippen LogP contribution in [-0.2, 0) is 11.3 Å². The van der Waals surface area contributed by atoms with E-state index in [0.29, 0.717) is 12.7 Å². The zero-order valence-electron chi connectivity index (χ0n) is 12.8. The largest absolute Gasteiger partial charge is 0.493 e. The van der Waals surface area contributed by atoms with Gasteiger partial charge < -0.3 is 19.5 Å². The van der Waals surface area contributed by atoms with Crippen LogP contribution in [0.5, 0.6) is 11.5 Å². The highest BCUT2D eigenvalue weighted by molar-refractivity contribution is 9.10. The molecule has 0 aliphatic carbocycles. The van der Waals surface area contributed by atoms with Gasteiger partial charge in [-0.3, -0.25) is 0 Å². The Morgan fingerprint density at radius 3 is 2.95 bits per heavy atom. The minimum absolute atomic E-state index is 0.346. The second kappa shape index (κ2) is 8.61. The van der Waals surface area contributed by atoms with Gasteiger partial charge in [-0.25, -0.2) is 0 Å². The van der Waals surface area contributed by atoms with Gasteiger partial charge in [-0.1, -0.05) is 22.9 Å². The van der Waals surface area contributed by atoms with Crippen LogP contribution in [0.2, 0.25) is 0 Å². The predicted octanol–water partition coefficient (Wildman–Crippen LogP) is 3.52. The highest BCUT2D eigenvalue weighted by atomic mass is 79.9. The van der Waals surface area contributed by atoms with Crippen molar-refractivity contribution in [2.24, 2.45) is 0 Å². The second-order valence-corrected chi connectivity index (χ2v) is 6.13. The van der Waals surface area contributed by atoms with Gasteiger partial charge in [0.1, 0.15) is 0 Å². The normalized spacial score (nSPS) is 18.0. The number of ether oxygens (including phenoxy) is 3. The van der Waals surface area contributed by atoms with Crippen LogP contribution in [-0.4, -0.2) is 33.0 Å². The van der Waals surface area contributed by atoms with E-state index < -0.39 is 0 Å². The Hall–Kier alpha value is -0.780. The lowest BCUT2D eigenvalue weighted by Crippen LogP contribution is -2.26. The van der Waals surface area contributed by atoms with E-state index in [1.165, 1.54) is 6.42 Å². The minimum atomic E-state index is 0.346. The van der Waals surface area contributed by atoms with E-state index in [9.17, 15) is 0 Å². The Morgan fingerprint density at radius 2 is 2.29 bits per heavy atom. The molecule has 21 heavy (non-hydrogen) atoms. The van der Waals surface area contributed by atoms with Crippen LogP contribution in [0.3, 0.4) is 0 Å². The minimum Gasteiger partial charge on any atom is -0.493 e. The van der Waals surface area contributed by atoms with Gasteiger partial charge in [-0.2, -0.15) is 0 Å². The van der Waals surface area contributed by atoms with E-state index >= 15 is 0 Å². The molecule has 4 nitrogen and oxygen atoms in total. The summed E-state index contributed by atoms with van der Waals surface area (Å²) in [6.07, 6.45) is 3.64. The van der Waals surface area contributed by atoms with E-state index in [4.69, 9.17) is 14.2 Å². The molecule has 1 N–H and O–H groups in total. The third-order valence-corrected chi connectivity index (χ3v) is 3.94. The summed E-state index contributed by atoms with van der Waals surface area (Å²) in [5.74, 6) is 1.61. The highest BCUT2D eigenvalue weighted by Gasteiger charge is 2.16. The van der Waals surface area contributed by atoms with Crippen LogP contribution in [0.25, 0.3) is 0 Å². The molecule has 0 spiro atoms. The molecule has 118 valence electrons. The van der Waals surface area contributed by atoms with Crippen molar-refractivity contribution in [1.82, 2.24) is 5.32 Å². The molecule has 1 atom stereocenters. The van der Waals surface area contributed by atoms with Crippen molar-refractivity contribution in [3.8, 4) is 11.5 Å². The van der Waals surface area contributed by atoms with Crippen molar-refractivity contribution in [2.75, 3.05) is 26.9 Å². The van der Waals surface area contributed by atoms with Crippen LogP contribution < -0.4 is 14.8 Å². The van der Waals surface area contributed by atoms with E-state index in [1.807, 2.05) is 6.07 Å². The molecule has 0 unspecified atom stereocenters. The Morgan fingerprint density at radius 1 is 1.43 bits per heavy atom. The number of rotatable bonds is 8. The zero-order chi connectivity index (χ0) is 15.1. The third-order valence-electron chi connectivity index (χ3n) is 3.48. The number of nitrogens with one attached hydrogen (secondary N) is 1. The summed E-state index contributed by atoms with van der Waals surface area (Å²) in [5, 5.41) is 3.46. The van der Waals surface area contributed by atoms with Gasteiger partial charge in [-0.15, -0.1) is 0 Å². The number of hydrogen-bond acceptors (Lipinski definition) is 4. The number of halogens is 1. The quantitative estimate of drug-likeness (QED) is 0.772. The monoisotopic (exact) mass is 357 g/mol. The maximum absolute atomic E-state index is 5.87. The molecule has 0 radical (unpaired) electrons. The fraction of sp³-hybridized carbons (Fsp3) is 0.625. The lowest BCUT2D eigenvalue weighted by atomic mass is 10.1. The van der Waals surface area contributed by atoms with E-state index in [2.05, 4.69) is 34.2 Å². The van der Waals surface area contributed by atoms with Crippen LogP contribution in [0.1, 0.15) is 31.7 Å². The first-order valence-electron chi connectivity index (χ1n) is 7.56. The Balaban J connectivity index is 2.02. The lowest BCUT2D eigenvalue weighted by Gasteiger charge is -2.17. The summed E-state index contributed by atoms with van der Waals surface area (Å²) in [6.45, 7) is 5.30. The molecular formula is C16H24BrNO3. The van der Waals surface area contributed by atoms with E-state index in [-0.39, 0.29) is 0 Å². The third kappa shape index (κ3) is 4.87. The molecule has 1 fully saturated rings. The average molecular weight is 358 g/mol. The molecule has 1 saturated heterocycles. The van der Waals surface area contributed by atoms with Crippen molar-refractivity contribution in [1.29, 1.82) is 0 Å². The molecule has 0 saturated carbocycles. The fourth-order valence-corrected chi connectivity index (χ4v) is 2.93. The summed E-state index contributed by atoms with van der Waals surface area (Å²) in [4.78, 5) is 0. The second-order valence-electron chi connectivity index (χ2n) is 5.21. The highest BCUT2D eigenvalue weighted by Crippen LogP contribution is 2.35. The van der Waals surface area contributed by atoms with Gasteiger partial charge in [0.05, 0.1) is 19.8 Å². The van der Waals surface area contributed by atoms with Gasteiger partial charge in [0.25, 0.3) is 0 Å². The average Bonchev–Trinajstić information content (AvgIpc) is 2.99. The number of hydrogen-bond donors (Lipinski definition) is 1. The molecule has 1 aromatic carbocycles. The summed E-state index contributed by atoms with van der Waals surface area (Å²) in [5.41, 5.74) is 1.10. The molecule has 5 heteroatoms. The molecule has 1 aliphatic rings. The van der Waals surface area contributed by atoms with E-state index in [1.54, 1.807) is 7.11 Å². The van der Waals surface area contributed by atoms with Crippen molar-refractivity contribution in [3.05, 3.63) is 22.2 Å². The maximum Gasteiger partial charge on any atom is 0.165 e. The first-order valence-corrected chi connectivity index (χ1v) is 8.35. The van der Waals surface area contributed by atoms with Crippen molar-refractivity contribution in [2.45, 2.75) is 38.8 Å². The molecular weight excluding hydrogens is 334 g/mol. The van der Waals surface area contributed by atoms with Crippen LogP contribution in [0.15, 0.2) is 16.6 Å². The van der Waals surface area contributed by atoms with Crippen LogP contribution in [0.4, 0.5) is 0 Å². The summed E-state index contributed by atoms with van der Waals surface area (Å²) in [7, 11) is 1.67. The van der Waals surface area contributed by atoms with E-state index in [0.717, 1.165) is 54.1 Å². The van der Waals surface area contributed by atoms with Crippen LogP contribution >= 0.6 is 15.9 Å². The summed E-state index contributed by atoms with van der Waals surface area (Å²) >= 11 is 3.53. The van der Waals surface area contributed by atoms with Gasteiger partial charge >= 0.3 is 0 Å². The standard InChI is InChI=1S/C16H24BrNO3/c1-3-6-21-16-12(8-13(17)9-15(16)19-2)10-18-11-14-5-4-7-20-14/h8-9,14,18H,3-7,10-11H2,1-2H3/t14-/m1/s1.